The highest BCUT2D eigenvalue weighted by Gasteiger charge is 2.29. The van der Waals surface area contributed by atoms with E-state index < -0.39 is 6.10 Å². The molecule has 3 rings (SSSR count). The Bertz CT molecular complexity index is 747. The number of hydrogen-bond donors (Lipinski definition) is 2. The normalized spacial score (nSPS) is 21.1. The molecule has 2 aromatic rings. The minimum Gasteiger partial charge on any atom is -0.390 e. The zero-order chi connectivity index (χ0) is 17.8. The second-order valence-electron chi connectivity index (χ2n) is 6.00. The molecule has 0 spiro atoms. The molecular formula is C17H18ClFN4O2. The Kier molecular flexibility index (Phi) is 5.57. The van der Waals surface area contributed by atoms with Crippen LogP contribution >= 0.6 is 11.6 Å². The Morgan fingerprint density at radius 1 is 1.44 bits per heavy atom. The van der Waals surface area contributed by atoms with Gasteiger partial charge in [0.15, 0.2) is 0 Å². The van der Waals surface area contributed by atoms with Crippen LogP contribution in [0.1, 0.15) is 22.5 Å². The number of carbonyl (C=O) groups is 1. The van der Waals surface area contributed by atoms with Gasteiger partial charge in [-0.3, -0.25) is 14.7 Å². The molecule has 2 N–H and O–H groups in total. The summed E-state index contributed by atoms with van der Waals surface area (Å²) in [6.45, 7) is 1.58. The number of hydrogen-bond acceptors (Lipinski definition) is 5. The van der Waals surface area contributed by atoms with Gasteiger partial charge in [0.2, 0.25) is 0 Å². The molecule has 0 bridgehead atoms. The summed E-state index contributed by atoms with van der Waals surface area (Å²) in [6.07, 6.45) is 4.19. The van der Waals surface area contributed by atoms with Gasteiger partial charge in [-0.1, -0.05) is 17.7 Å². The van der Waals surface area contributed by atoms with Crippen LogP contribution in [0.25, 0.3) is 0 Å². The van der Waals surface area contributed by atoms with Crippen LogP contribution in [0.2, 0.25) is 5.02 Å². The Morgan fingerprint density at radius 3 is 2.96 bits per heavy atom. The highest BCUT2D eigenvalue weighted by molar-refractivity contribution is 6.31. The molecule has 1 aliphatic heterocycles. The van der Waals surface area contributed by atoms with Crippen molar-refractivity contribution in [3.8, 4) is 0 Å². The molecule has 1 aromatic heterocycles. The smallest absolute Gasteiger partial charge is 0.271 e. The molecule has 6 nitrogen and oxygen atoms in total. The van der Waals surface area contributed by atoms with Crippen molar-refractivity contribution in [3.05, 3.63) is 58.9 Å². The maximum atomic E-state index is 13.1. The number of aliphatic hydroxyl groups excluding tert-OH is 1. The monoisotopic (exact) mass is 364 g/mol. The number of aromatic nitrogens is 2. The zero-order valence-corrected chi connectivity index (χ0v) is 14.2. The van der Waals surface area contributed by atoms with Gasteiger partial charge in [-0.15, -0.1) is 0 Å². The summed E-state index contributed by atoms with van der Waals surface area (Å²) in [4.78, 5) is 21.9. The van der Waals surface area contributed by atoms with Gasteiger partial charge in [0.25, 0.3) is 5.91 Å². The van der Waals surface area contributed by atoms with Gasteiger partial charge in [-0.2, -0.15) is 0 Å². The quantitative estimate of drug-likeness (QED) is 0.862. The molecule has 8 heteroatoms. The van der Waals surface area contributed by atoms with E-state index in [1.165, 1.54) is 30.7 Å². The Morgan fingerprint density at radius 2 is 2.28 bits per heavy atom. The highest BCUT2D eigenvalue weighted by atomic mass is 35.5. The summed E-state index contributed by atoms with van der Waals surface area (Å²) >= 11 is 6.05. The van der Waals surface area contributed by atoms with E-state index >= 15 is 0 Å². The number of benzene rings is 1. The van der Waals surface area contributed by atoms with Crippen molar-refractivity contribution in [2.24, 2.45) is 0 Å². The summed E-state index contributed by atoms with van der Waals surface area (Å²) in [5.41, 5.74) is 1.02. The first-order valence-electron chi connectivity index (χ1n) is 7.94. The molecule has 132 valence electrons. The van der Waals surface area contributed by atoms with Crippen LogP contribution < -0.4 is 5.32 Å². The van der Waals surface area contributed by atoms with Crippen molar-refractivity contribution < 1.29 is 14.3 Å². The number of β-amino-alcohol motifs (C(OH)–C–C–N with tert-alkyl or cyclic N) is 1. The molecule has 0 saturated carbocycles. The number of nitrogens with one attached hydrogen (secondary N) is 1. The van der Waals surface area contributed by atoms with E-state index in [1.807, 2.05) is 4.90 Å². The van der Waals surface area contributed by atoms with Crippen LogP contribution in [-0.4, -0.2) is 51.1 Å². The lowest BCUT2D eigenvalue weighted by Gasteiger charge is -2.36. The fourth-order valence-corrected chi connectivity index (χ4v) is 3.09. The number of halogens is 2. The lowest BCUT2D eigenvalue weighted by Crippen LogP contribution is -2.53. The third-order valence-corrected chi connectivity index (χ3v) is 4.54. The third kappa shape index (κ3) is 4.50. The minimum atomic E-state index is -0.714. The highest BCUT2D eigenvalue weighted by Crippen LogP contribution is 2.21. The predicted molar refractivity (Wildman–Crippen MR) is 90.6 cm³/mol. The van der Waals surface area contributed by atoms with Crippen molar-refractivity contribution in [2.45, 2.75) is 25.1 Å². The van der Waals surface area contributed by atoms with E-state index in [0.29, 0.717) is 31.1 Å². The first kappa shape index (κ1) is 17.7. The molecule has 1 fully saturated rings. The van der Waals surface area contributed by atoms with Gasteiger partial charge < -0.3 is 10.4 Å². The molecular weight excluding hydrogens is 347 g/mol. The van der Waals surface area contributed by atoms with Gasteiger partial charge in [0, 0.05) is 37.1 Å². The van der Waals surface area contributed by atoms with E-state index in [9.17, 15) is 14.3 Å². The summed E-state index contributed by atoms with van der Waals surface area (Å²) in [6, 6.07) is 3.94. The van der Waals surface area contributed by atoms with Crippen LogP contribution in [0.15, 0.2) is 36.8 Å². The fourth-order valence-electron chi connectivity index (χ4n) is 2.86. The van der Waals surface area contributed by atoms with Crippen LogP contribution in [0, 0.1) is 5.82 Å². The number of likely N-dealkylation sites (tertiary alicyclic amines) is 1. The van der Waals surface area contributed by atoms with Crippen LogP contribution in [0.3, 0.4) is 0 Å². The van der Waals surface area contributed by atoms with Gasteiger partial charge >= 0.3 is 0 Å². The number of piperidine rings is 1. The Labute approximate surface area is 149 Å². The number of nitrogens with zero attached hydrogens (tertiary/aromatic N) is 3. The van der Waals surface area contributed by atoms with E-state index in [-0.39, 0.29) is 23.5 Å². The summed E-state index contributed by atoms with van der Waals surface area (Å²) in [5.74, 6) is -0.730. The average Bonchev–Trinajstić information content (AvgIpc) is 2.60. The second kappa shape index (κ2) is 7.86. The number of rotatable bonds is 4. The number of aliphatic hydroxyl groups is 1. The third-order valence-electron chi connectivity index (χ3n) is 4.19. The molecule has 25 heavy (non-hydrogen) atoms. The van der Waals surface area contributed by atoms with Crippen molar-refractivity contribution in [3.63, 3.8) is 0 Å². The lowest BCUT2D eigenvalue weighted by atomic mass is 10.0. The van der Waals surface area contributed by atoms with E-state index in [4.69, 9.17) is 11.6 Å². The summed E-state index contributed by atoms with van der Waals surface area (Å²) < 4.78 is 13.1. The molecule has 0 unspecified atom stereocenters. The molecule has 2 heterocycles. The van der Waals surface area contributed by atoms with Crippen LogP contribution in [0.5, 0.6) is 0 Å². The molecule has 1 saturated heterocycles. The van der Waals surface area contributed by atoms with Crippen molar-refractivity contribution in [1.29, 1.82) is 0 Å². The van der Waals surface area contributed by atoms with Gasteiger partial charge in [0.1, 0.15) is 11.5 Å². The van der Waals surface area contributed by atoms with Crippen LogP contribution in [0.4, 0.5) is 4.39 Å². The standard InChI is InChI=1S/C17H18ClFN4O2/c18-13-7-12(19)2-1-11(13)9-23-6-3-14(16(24)10-23)22-17(25)15-8-20-4-5-21-15/h1-2,4-5,7-8,14,16,24H,3,6,9-10H2,(H,22,25)/t14-,16-/m1/s1. The molecule has 2 atom stereocenters. The largest absolute Gasteiger partial charge is 0.390 e. The average molecular weight is 365 g/mol. The van der Waals surface area contributed by atoms with E-state index in [2.05, 4.69) is 15.3 Å². The second-order valence-corrected chi connectivity index (χ2v) is 6.40. The molecule has 0 radical (unpaired) electrons. The van der Waals surface area contributed by atoms with Crippen molar-refractivity contribution in [1.82, 2.24) is 20.2 Å². The number of carbonyl (C=O) groups excluding carboxylic acids is 1. The Hall–Kier alpha value is -2.09. The fraction of sp³-hybridized carbons (Fsp3) is 0.353. The maximum absolute atomic E-state index is 13.1. The van der Waals surface area contributed by atoms with Gasteiger partial charge in [-0.05, 0) is 24.1 Å². The van der Waals surface area contributed by atoms with Gasteiger partial charge in [-0.25, -0.2) is 9.37 Å². The summed E-state index contributed by atoms with van der Waals surface area (Å²) in [5, 5.41) is 13.5. The van der Waals surface area contributed by atoms with E-state index in [0.717, 1.165) is 5.56 Å². The number of amides is 1. The lowest BCUT2D eigenvalue weighted by molar-refractivity contribution is 0.0348. The van der Waals surface area contributed by atoms with Gasteiger partial charge in [0.05, 0.1) is 18.3 Å². The first-order chi connectivity index (χ1) is 12.0. The van der Waals surface area contributed by atoms with E-state index in [1.54, 1.807) is 6.07 Å². The topological polar surface area (TPSA) is 78.4 Å². The van der Waals surface area contributed by atoms with Crippen LogP contribution in [-0.2, 0) is 6.54 Å². The Balaban J connectivity index is 1.56. The predicted octanol–water partition coefficient (Wildman–Crippen LogP) is 1.63. The molecule has 1 aromatic carbocycles. The molecule has 1 aliphatic rings. The SMILES string of the molecule is O=C(N[C@@H]1CCN(Cc2ccc(F)cc2Cl)C[C@H]1O)c1cnccn1. The first-order valence-corrected chi connectivity index (χ1v) is 8.32. The van der Waals surface area contributed by atoms with Crippen molar-refractivity contribution in [2.75, 3.05) is 13.1 Å². The maximum Gasteiger partial charge on any atom is 0.271 e. The zero-order valence-electron chi connectivity index (χ0n) is 13.4. The van der Waals surface area contributed by atoms with Crippen molar-refractivity contribution >= 4 is 17.5 Å². The molecule has 1 amide bonds. The molecule has 0 aliphatic carbocycles. The summed E-state index contributed by atoms with van der Waals surface area (Å²) in [7, 11) is 0. The minimum absolute atomic E-state index is 0.218.